The Balaban J connectivity index is 1.54. The van der Waals surface area contributed by atoms with Crippen molar-refractivity contribution in [2.24, 2.45) is 5.10 Å². The Labute approximate surface area is 147 Å². The van der Waals surface area contributed by atoms with Gasteiger partial charge < -0.3 is 4.74 Å². The first-order valence-electron chi connectivity index (χ1n) is 7.42. The zero-order valence-electron chi connectivity index (χ0n) is 13.3. The summed E-state index contributed by atoms with van der Waals surface area (Å²) in [6, 6.07) is 12.1. The molecule has 3 aromatic rings. The Hall–Kier alpha value is -3.00. The number of hydrogen-bond acceptors (Lipinski definition) is 5. The number of aromatic nitrogens is 2. The molecule has 3 rings (SSSR count). The molecule has 0 aliphatic rings. The molecular weight excluding hydrogens is 343 g/mol. The summed E-state index contributed by atoms with van der Waals surface area (Å²) in [5.74, 6) is 0.305. The first-order chi connectivity index (χ1) is 12.1. The highest BCUT2D eigenvalue weighted by Gasteiger charge is 2.09. The second-order valence-corrected chi connectivity index (χ2v) is 6.19. The number of carbonyl (C=O) groups is 1. The van der Waals surface area contributed by atoms with Crippen molar-refractivity contribution in [2.45, 2.75) is 13.7 Å². The van der Waals surface area contributed by atoms with Crippen LogP contribution in [0.1, 0.15) is 20.9 Å². The quantitative estimate of drug-likeness (QED) is 0.543. The summed E-state index contributed by atoms with van der Waals surface area (Å²) in [7, 11) is 0. The van der Waals surface area contributed by atoms with Gasteiger partial charge in [-0.05, 0) is 36.8 Å². The number of rotatable bonds is 6. The van der Waals surface area contributed by atoms with Gasteiger partial charge in [-0.2, -0.15) is 14.6 Å². The average Bonchev–Trinajstić information content (AvgIpc) is 3.23. The molecule has 0 fully saturated rings. The van der Waals surface area contributed by atoms with Crippen LogP contribution in [0, 0.1) is 12.1 Å². The summed E-state index contributed by atoms with van der Waals surface area (Å²) in [6.45, 7) is 2.14. The second kappa shape index (κ2) is 7.71. The minimum atomic E-state index is -0.456. The molecule has 0 atom stereocenters. The molecule has 0 radical (unpaired) electrons. The molecule has 0 unspecified atom stereocenters. The molecule has 6 nitrogen and oxygen atoms in total. The molecule has 0 saturated heterocycles. The van der Waals surface area contributed by atoms with Gasteiger partial charge in [0.05, 0.1) is 11.1 Å². The van der Waals surface area contributed by atoms with Crippen LogP contribution in [-0.2, 0) is 6.73 Å². The van der Waals surface area contributed by atoms with Crippen LogP contribution in [0.15, 0.2) is 53.8 Å². The van der Waals surface area contributed by atoms with Crippen LogP contribution in [0.2, 0.25) is 0 Å². The summed E-state index contributed by atoms with van der Waals surface area (Å²) in [4.78, 5) is 12.6. The lowest BCUT2D eigenvalue weighted by atomic mass is 10.2. The van der Waals surface area contributed by atoms with E-state index in [4.69, 9.17) is 4.74 Å². The van der Waals surface area contributed by atoms with E-state index in [0.717, 1.165) is 22.6 Å². The number of para-hydroxylation sites is 1. The number of nitrogens with zero attached hydrogens (tertiary/aromatic N) is 3. The van der Waals surface area contributed by atoms with Crippen LogP contribution < -0.4 is 10.2 Å². The summed E-state index contributed by atoms with van der Waals surface area (Å²) in [5.41, 5.74) is 3.58. The molecule has 0 saturated carbocycles. The lowest BCUT2D eigenvalue weighted by molar-refractivity contribution is 0.0948. The standard InChI is InChI=1S/C17H15FN4O2S/c1-12-4-2-3-5-15(12)24-11-22-9-8-14(21-22)17(23)20-19-10-13-6-7-16(18)25-13/h2-10H,11H2,1H3,(H,20,23)/b19-10-. The number of hydrazone groups is 1. The normalized spacial score (nSPS) is 11.0. The third-order valence-corrected chi connectivity index (χ3v) is 4.08. The molecule has 0 aliphatic carbocycles. The second-order valence-electron chi connectivity index (χ2n) is 5.12. The highest BCUT2D eigenvalue weighted by Crippen LogP contribution is 2.16. The number of carbonyl (C=O) groups excluding carboxylic acids is 1. The van der Waals surface area contributed by atoms with Gasteiger partial charge in [0.25, 0.3) is 5.91 Å². The Bertz CT molecular complexity index is 903. The van der Waals surface area contributed by atoms with Crippen molar-refractivity contribution >= 4 is 23.5 Å². The Morgan fingerprint density at radius 2 is 2.20 bits per heavy atom. The van der Waals surface area contributed by atoms with Gasteiger partial charge in [-0.15, -0.1) is 11.3 Å². The molecule has 1 N–H and O–H groups in total. The van der Waals surface area contributed by atoms with Gasteiger partial charge in [0.2, 0.25) is 0 Å². The Morgan fingerprint density at radius 1 is 1.36 bits per heavy atom. The van der Waals surface area contributed by atoms with E-state index >= 15 is 0 Å². The summed E-state index contributed by atoms with van der Waals surface area (Å²) < 4.78 is 20.0. The minimum absolute atomic E-state index is 0.190. The average molecular weight is 358 g/mol. The highest BCUT2D eigenvalue weighted by molar-refractivity contribution is 7.12. The summed E-state index contributed by atoms with van der Waals surface area (Å²) in [5, 5.41) is 7.61. The molecule has 0 aliphatic heterocycles. The van der Waals surface area contributed by atoms with Crippen molar-refractivity contribution in [1.82, 2.24) is 15.2 Å². The van der Waals surface area contributed by atoms with Crippen LogP contribution in [-0.4, -0.2) is 21.9 Å². The van der Waals surface area contributed by atoms with Gasteiger partial charge >= 0.3 is 0 Å². The smallest absolute Gasteiger partial charge is 0.291 e. The van der Waals surface area contributed by atoms with Gasteiger partial charge in [-0.25, -0.2) is 10.1 Å². The van der Waals surface area contributed by atoms with Gasteiger partial charge in [-0.3, -0.25) is 4.79 Å². The zero-order valence-corrected chi connectivity index (χ0v) is 14.2. The van der Waals surface area contributed by atoms with E-state index in [0.29, 0.717) is 4.88 Å². The molecule has 25 heavy (non-hydrogen) atoms. The zero-order chi connectivity index (χ0) is 17.6. The largest absolute Gasteiger partial charge is 0.471 e. The molecule has 1 amide bonds. The molecule has 0 spiro atoms. The fourth-order valence-electron chi connectivity index (χ4n) is 2.02. The van der Waals surface area contributed by atoms with Crippen LogP contribution in [0.5, 0.6) is 5.75 Å². The number of ether oxygens (including phenoxy) is 1. The molecular formula is C17H15FN4O2S. The van der Waals surface area contributed by atoms with E-state index in [1.807, 2.05) is 31.2 Å². The van der Waals surface area contributed by atoms with E-state index in [1.54, 1.807) is 18.3 Å². The lowest BCUT2D eigenvalue weighted by Gasteiger charge is -2.08. The molecule has 8 heteroatoms. The van der Waals surface area contributed by atoms with E-state index in [2.05, 4.69) is 15.6 Å². The molecule has 128 valence electrons. The van der Waals surface area contributed by atoms with Crippen molar-refractivity contribution in [3.8, 4) is 5.75 Å². The van der Waals surface area contributed by atoms with Crippen LogP contribution in [0.3, 0.4) is 0 Å². The highest BCUT2D eigenvalue weighted by atomic mass is 32.1. The first-order valence-corrected chi connectivity index (χ1v) is 8.24. The molecule has 2 heterocycles. The number of nitrogens with one attached hydrogen (secondary N) is 1. The number of thiophene rings is 1. The fourth-order valence-corrected chi connectivity index (χ4v) is 2.62. The Morgan fingerprint density at radius 3 is 2.96 bits per heavy atom. The Kier molecular flexibility index (Phi) is 5.20. The third-order valence-electron chi connectivity index (χ3n) is 3.27. The van der Waals surface area contributed by atoms with Crippen molar-refractivity contribution in [1.29, 1.82) is 0 Å². The minimum Gasteiger partial charge on any atom is -0.471 e. The van der Waals surface area contributed by atoms with Crippen molar-refractivity contribution in [2.75, 3.05) is 0 Å². The van der Waals surface area contributed by atoms with Crippen LogP contribution >= 0.6 is 11.3 Å². The molecule has 0 bridgehead atoms. The SMILES string of the molecule is Cc1ccccc1OCn1ccc(C(=O)N/N=C\c2ccc(F)s2)n1. The van der Waals surface area contributed by atoms with Gasteiger partial charge in [-0.1, -0.05) is 18.2 Å². The maximum absolute atomic E-state index is 12.8. The summed E-state index contributed by atoms with van der Waals surface area (Å²) in [6.07, 6.45) is 3.02. The van der Waals surface area contributed by atoms with E-state index < -0.39 is 5.91 Å². The fraction of sp³-hybridized carbons (Fsp3) is 0.118. The first kappa shape index (κ1) is 16.8. The maximum Gasteiger partial charge on any atom is 0.291 e. The van der Waals surface area contributed by atoms with E-state index in [9.17, 15) is 9.18 Å². The number of amides is 1. The van der Waals surface area contributed by atoms with Gasteiger partial charge in [0, 0.05) is 6.20 Å². The number of hydrogen-bond donors (Lipinski definition) is 1. The number of halogens is 1. The predicted molar refractivity (Wildman–Crippen MR) is 93.4 cm³/mol. The predicted octanol–water partition coefficient (Wildman–Crippen LogP) is 3.19. The molecule has 2 aromatic heterocycles. The third kappa shape index (κ3) is 4.51. The van der Waals surface area contributed by atoms with Crippen LogP contribution in [0.25, 0.3) is 0 Å². The number of aryl methyl sites for hydroxylation is 1. The lowest BCUT2D eigenvalue weighted by Crippen LogP contribution is -2.19. The summed E-state index contributed by atoms with van der Waals surface area (Å²) >= 11 is 0.941. The maximum atomic E-state index is 12.8. The number of benzene rings is 1. The van der Waals surface area contributed by atoms with Crippen LogP contribution in [0.4, 0.5) is 4.39 Å². The monoisotopic (exact) mass is 358 g/mol. The van der Waals surface area contributed by atoms with E-state index in [-0.39, 0.29) is 17.6 Å². The van der Waals surface area contributed by atoms with Gasteiger partial charge in [0.1, 0.15) is 5.75 Å². The van der Waals surface area contributed by atoms with Crippen molar-refractivity contribution in [3.63, 3.8) is 0 Å². The molecule has 1 aromatic carbocycles. The van der Waals surface area contributed by atoms with E-state index in [1.165, 1.54) is 17.0 Å². The topological polar surface area (TPSA) is 68.5 Å². The van der Waals surface area contributed by atoms with Crippen molar-refractivity contribution < 1.29 is 13.9 Å². The van der Waals surface area contributed by atoms with Gasteiger partial charge in [0.15, 0.2) is 17.6 Å². The van der Waals surface area contributed by atoms with Crippen molar-refractivity contribution in [3.05, 3.63) is 69.9 Å².